The number of hydrogen-bond donors (Lipinski definition) is 1. The number of nitrogens with two attached hydrogens (primary N) is 1. The topological polar surface area (TPSA) is 62.5 Å². The summed E-state index contributed by atoms with van der Waals surface area (Å²) in [6, 6.07) is 0. The maximum Gasteiger partial charge on any atom is 0.222 e. The van der Waals surface area contributed by atoms with Crippen molar-refractivity contribution >= 4 is 22.4 Å². The van der Waals surface area contributed by atoms with Gasteiger partial charge in [-0.2, -0.15) is 0 Å². The van der Waals surface area contributed by atoms with Gasteiger partial charge in [-0.05, 0) is 25.3 Å². The fraction of sp³-hybridized carbons (Fsp3) is 0.733. The molecule has 2 heterocycles. The number of rotatable bonds is 7. The smallest absolute Gasteiger partial charge is 0.222 e. The first-order chi connectivity index (χ1) is 10.2. The molecule has 2 N–H and O–H groups in total. The number of carbonyl (C=O) groups excluding carboxylic acids is 1. The van der Waals surface area contributed by atoms with E-state index in [0.717, 1.165) is 57.1 Å². The lowest BCUT2D eigenvalue weighted by Crippen LogP contribution is -2.48. The molecule has 1 unspecified atom stereocenters. The Bertz CT molecular complexity index is 415. The lowest BCUT2D eigenvalue weighted by Gasteiger charge is -2.34. The van der Waals surface area contributed by atoms with E-state index in [1.54, 1.807) is 11.3 Å². The van der Waals surface area contributed by atoms with E-state index < -0.39 is 0 Å². The zero-order valence-corrected chi connectivity index (χ0v) is 13.6. The van der Waals surface area contributed by atoms with Crippen molar-refractivity contribution in [1.82, 2.24) is 9.88 Å². The maximum atomic E-state index is 12.3. The van der Waals surface area contributed by atoms with Crippen LogP contribution in [0.5, 0.6) is 0 Å². The standard InChI is InChI=1S/C15H26N4OS/c1-2-13(5-6-16)3-4-14(20)18-8-10-19(11-9-18)15-17-7-12-21-15/h7,12-13H,2-6,8-11,16H2,1H3. The highest BCUT2D eigenvalue weighted by atomic mass is 32.1. The second-order valence-electron chi connectivity index (χ2n) is 5.57. The summed E-state index contributed by atoms with van der Waals surface area (Å²) in [5.41, 5.74) is 5.61. The number of amides is 1. The minimum Gasteiger partial charge on any atom is -0.345 e. The van der Waals surface area contributed by atoms with Gasteiger partial charge in [-0.3, -0.25) is 4.79 Å². The first-order valence-electron chi connectivity index (χ1n) is 7.86. The summed E-state index contributed by atoms with van der Waals surface area (Å²) < 4.78 is 0. The SMILES string of the molecule is CCC(CCN)CCC(=O)N1CCN(c2nccs2)CC1. The zero-order chi connectivity index (χ0) is 15.1. The Morgan fingerprint density at radius 3 is 2.71 bits per heavy atom. The van der Waals surface area contributed by atoms with Crippen molar-refractivity contribution in [1.29, 1.82) is 0 Å². The van der Waals surface area contributed by atoms with Crippen LogP contribution in [0.25, 0.3) is 0 Å². The number of aromatic nitrogens is 1. The van der Waals surface area contributed by atoms with Gasteiger partial charge in [-0.25, -0.2) is 4.98 Å². The second kappa shape index (κ2) is 8.34. The molecular weight excluding hydrogens is 284 g/mol. The third kappa shape index (κ3) is 4.68. The molecule has 1 aliphatic rings. The van der Waals surface area contributed by atoms with Crippen LogP contribution in [0.2, 0.25) is 0 Å². The van der Waals surface area contributed by atoms with Crippen LogP contribution in [-0.2, 0) is 4.79 Å². The van der Waals surface area contributed by atoms with E-state index in [2.05, 4.69) is 16.8 Å². The van der Waals surface area contributed by atoms with E-state index in [1.165, 1.54) is 0 Å². The summed E-state index contributed by atoms with van der Waals surface area (Å²) in [6.45, 7) is 6.30. The van der Waals surface area contributed by atoms with Crippen LogP contribution in [0.3, 0.4) is 0 Å². The molecule has 0 spiro atoms. The summed E-state index contributed by atoms with van der Waals surface area (Å²) in [6.07, 6.45) is 5.61. The van der Waals surface area contributed by atoms with E-state index in [4.69, 9.17) is 5.73 Å². The lowest BCUT2D eigenvalue weighted by molar-refractivity contribution is -0.131. The fourth-order valence-corrected chi connectivity index (χ4v) is 3.49. The Labute approximate surface area is 131 Å². The van der Waals surface area contributed by atoms with Crippen molar-refractivity contribution < 1.29 is 4.79 Å². The molecule has 0 aliphatic carbocycles. The summed E-state index contributed by atoms with van der Waals surface area (Å²) in [7, 11) is 0. The highest BCUT2D eigenvalue weighted by Gasteiger charge is 2.22. The molecule has 1 saturated heterocycles. The maximum absolute atomic E-state index is 12.3. The molecule has 1 aromatic rings. The van der Waals surface area contributed by atoms with Crippen molar-refractivity contribution in [2.45, 2.75) is 32.6 Å². The summed E-state index contributed by atoms with van der Waals surface area (Å²) in [5, 5.41) is 3.06. The molecule has 2 rings (SSSR count). The third-order valence-electron chi connectivity index (χ3n) is 4.24. The van der Waals surface area contributed by atoms with Gasteiger partial charge in [0.05, 0.1) is 0 Å². The van der Waals surface area contributed by atoms with Crippen molar-refractivity contribution in [3.8, 4) is 0 Å². The molecule has 6 heteroatoms. The Morgan fingerprint density at radius 1 is 1.38 bits per heavy atom. The molecule has 0 saturated carbocycles. The van der Waals surface area contributed by atoms with Gasteiger partial charge in [0.25, 0.3) is 0 Å². The minimum atomic E-state index is 0.296. The van der Waals surface area contributed by atoms with E-state index >= 15 is 0 Å². The Morgan fingerprint density at radius 2 is 2.14 bits per heavy atom. The quantitative estimate of drug-likeness (QED) is 0.836. The van der Waals surface area contributed by atoms with Gasteiger partial charge in [-0.1, -0.05) is 13.3 Å². The second-order valence-corrected chi connectivity index (χ2v) is 6.45. The van der Waals surface area contributed by atoms with Gasteiger partial charge >= 0.3 is 0 Å². The molecule has 118 valence electrons. The number of piperazine rings is 1. The van der Waals surface area contributed by atoms with Crippen LogP contribution in [0, 0.1) is 5.92 Å². The predicted octanol–water partition coefficient (Wildman–Crippen LogP) is 1.95. The highest BCUT2D eigenvalue weighted by molar-refractivity contribution is 7.13. The average Bonchev–Trinajstić information content (AvgIpc) is 3.05. The van der Waals surface area contributed by atoms with Gasteiger partial charge in [-0.15, -0.1) is 11.3 Å². The lowest BCUT2D eigenvalue weighted by atomic mass is 9.96. The van der Waals surface area contributed by atoms with Crippen molar-refractivity contribution in [2.24, 2.45) is 11.7 Å². The molecule has 5 nitrogen and oxygen atoms in total. The molecular formula is C15H26N4OS. The van der Waals surface area contributed by atoms with Crippen LogP contribution in [0.1, 0.15) is 32.6 Å². The molecule has 0 radical (unpaired) electrons. The Kier molecular flexibility index (Phi) is 6.45. The zero-order valence-electron chi connectivity index (χ0n) is 12.8. The highest BCUT2D eigenvalue weighted by Crippen LogP contribution is 2.20. The molecule has 0 bridgehead atoms. The first kappa shape index (κ1) is 16.2. The van der Waals surface area contributed by atoms with Crippen LogP contribution >= 0.6 is 11.3 Å². The van der Waals surface area contributed by atoms with E-state index in [9.17, 15) is 4.79 Å². The molecule has 1 fully saturated rings. The minimum absolute atomic E-state index is 0.296. The van der Waals surface area contributed by atoms with Crippen molar-refractivity contribution in [3.05, 3.63) is 11.6 Å². The molecule has 1 aromatic heterocycles. The number of hydrogen-bond acceptors (Lipinski definition) is 5. The van der Waals surface area contributed by atoms with Gasteiger partial charge in [0, 0.05) is 44.2 Å². The number of thiazole rings is 1. The third-order valence-corrected chi connectivity index (χ3v) is 5.07. The summed E-state index contributed by atoms with van der Waals surface area (Å²) in [5.74, 6) is 0.889. The fourth-order valence-electron chi connectivity index (χ4n) is 2.79. The Balaban J connectivity index is 1.72. The monoisotopic (exact) mass is 310 g/mol. The van der Waals surface area contributed by atoms with Crippen LogP contribution in [-0.4, -0.2) is 48.5 Å². The van der Waals surface area contributed by atoms with Crippen molar-refractivity contribution in [3.63, 3.8) is 0 Å². The van der Waals surface area contributed by atoms with Crippen LogP contribution < -0.4 is 10.6 Å². The summed E-state index contributed by atoms with van der Waals surface area (Å²) >= 11 is 1.66. The first-order valence-corrected chi connectivity index (χ1v) is 8.74. The van der Waals surface area contributed by atoms with E-state index in [0.29, 0.717) is 18.2 Å². The number of anilines is 1. The number of carbonyl (C=O) groups is 1. The normalized spacial score (nSPS) is 17.0. The van der Waals surface area contributed by atoms with Crippen LogP contribution in [0.4, 0.5) is 5.13 Å². The molecule has 1 atom stereocenters. The van der Waals surface area contributed by atoms with E-state index in [1.807, 2.05) is 16.5 Å². The average molecular weight is 310 g/mol. The van der Waals surface area contributed by atoms with E-state index in [-0.39, 0.29) is 0 Å². The van der Waals surface area contributed by atoms with Gasteiger partial charge in [0.15, 0.2) is 5.13 Å². The molecule has 1 amide bonds. The predicted molar refractivity (Wildman–Crippen MR) is 87.6 cm³/mol. The van der Waals surface area contributed by atoms with Crippen LogP contribution in [0.15, 0.2) is 11.6 Å². The molecule has 1 aliphatic heterocycles. The number of nitrogens with zero attached hydrogens (tertiary/aromatic N) is 3. The Hall–Kier alpha value is -1.14. The summed E-state index contributed by atoms with van der Waals surface area (Å²) in [4.78, 5) is 20.9. The molecule has 21 heavy (non-hydrogen) atoms. The van der Waals surface area contributed by atoms with Gasteiger partial charge < -0.3 is 15.5 Å². The largest absolute Gasteiger partial charge is 0.345 e. The van der Waals surface area contributed by atoms with Gasteiger partial charge in [0.1, 0.15) is 0 Å². The van der Waals surface area contributed by atoms with Gasteiger partial charge in [0.2, 0.25) is 5.91 Å². The molecule has 0 aromatic carbocycles. The van der Waals surface area contributed by atoms with Crippen molar-refractivity contribution in [2.75, 3.05) is 37.6 Å².